The van der Waals surface area contributed by atoms with Crippen LogP contribution in [-0.4, -0.2) is 20.2 Å². The summed E-state index contributed by atoms with van der Waals surface area (Å²) in [6.45, 7) is 2.11. The minimum atomic E-state index is -3.89. The van der Waals surface area contributed by atoms with E-state index in [-0.39, 0.29) is 6.61 Å². The second-order valence-corrected chi connectivity index (χ2v) is 3.40. The van der Waals surface area contributed by atoms with E-state index in [2.05, 4.69) is 4.18 Å². The maximum atomic E-state index is 10.4. The molecule has 11 heavy (non-hydrogen) atoms. The second kappa shape index (κ2) is 5.48. The Kier molecular flexibility index (Phi) is 5.39. The summed E-state index contributed by atoms with van der Waals surface area (Å²) in [5.74, 6) is 0. The van der Waals surface area contributed by atoms with Crippen molar-refractivity contribution in [2.45, 2.75) is 26.2 Å². The molecule has 0 saturated carbocycles. The van der Waals surface area contributed by atoms with Crippen LogP contribution in [-0.2, 0) is 14.5 Å². The number of hydrogen-bond donors (Lipinski definition) is 2. The minimum absolute atomic E-state index is 0.115. The molecule has 0 aliphatic rings. The Morgan fingerprint density at radius 2 is 2.09 bits per heavy atom. The van der Waals surface area contributed by atoms with Crippen LogP contribution < -0.4 is 4.89 Å². The molecular weight excluding hydrogens is 170 g/mol. The SMILES string of the molecule is CCCCCOS(=O)(=O)NO. The van der Waals surface area contributed by atoms with Crippen LogP contribution in [0.5, 0.6) is 0 Å². The Hall–Kier alpha value is -0.170. The monoisotopic (exact) mass is 183 g/mol. The third-order valence-electron chi connectivity index (χ3n) is 1.10. The summed E-state index contributed by atoms with van der Waals surface area (Å²) in [4.78, 5) is 1.07. The Balaban J connectivity index is 3.39. The first-order chi connectivity index (χ1) is 5.12. The third kappa shape index (κ3) is 6.24. The summed E-state index contributed by atoms with van der Waals surface area (Å²) < 4.78 is 25.1. The third-order valence-corrected chi connectivity index (χ3v) is 1.80. The van der Waals surface area contributed by atoms with E-state index in [9.17, 15) is 8.42 Å². The van der Waals surface area contributed by atoms with Crippen molar-refractivity contribution >= 4 is 10.3 Å². The van der Waals surface area contributed by atoms with E-state index in [1.807, 2.05) is 6.92 Å². The first-order valence-corrected chi connectivity index (χ1v) is 4.83. The van der Waals surface area contributed by atoms with Gasteiger partial charge in [-0.1, -0.05) is 24.7 Å². The molecule has 0 aromatic carbocycles. The second-order valence-electron chi connectivity index (χ2n) is 2.07. The molecule has 0 aliphatic heterocycles. The Morgan fingerprint density at radius 3 is 2.55 bits per heavy atom. The van der Waals surface area contributed by atoms with Gasteiger partial charge < -0.3 is 5.21 Å². The van der Waals surface area contributed by atoms with Gasteiger partial charge in [-0.2, -0.15) is 8.42 Å². The molecule has 0 radical (unpaired) electrons. The molecule has 0 atom stereocenters. The van der Waals surface area contributed by atoms with E-state index >= 15 is 0 Å². The number of unbranched alkanes of at least 4 members (excludes halogenated alkanes) is 2. The molecule has 0 spiro atoms. The van der Waals surface area contributed by atoms with Crippen molar-refractivity contribution in [2.75, 3.05) is 6.61 Å². The molecule has 68 valence electrons. The van der Waals surface area contributed by atoms with Crippen molar-refractivity contribution < 1.29 is 17.8 Å². The maximum absolute atomic E-state index is 10.4. The van der Waals surface area contributed by atoms with Gasteiger partial charge in [-0.3, -0.25) is 4.18 Å². The van der Waals surface area contributed by atoms with E-state index < -0.39 is 10.3 Å². The van der Waals surface area contributed by atoms with Crippen LogP contribution in [0.25, 0.3) is 0 Å². The molecule has 0 unspecified atom stereocenters. The van der Waals surface area contributed by atoms with E-state index in [0.29, 0.717) is 6.42 Å². The van der Waals surface area contributed by atoms with E-state index in [0.717, 1.165) is 17.7 Å². The van der Waals surface area contributed by atoms with Crippen LogP contribution in [0.4, 0.5) is 0 Å². The van der Waals surface area contributed by atoms with Gasteiger partial charge in [0.25, 0.3) is 0 Å². The highest BCUT2D eigenvalue weighted by molar-refractivity contribution is 7.84. The Labute approximate surface area is 66.6 Å². The predicted molar refractivity (Wildman–Crippen MR) is 39.3 cm³/mol. The van der Waals surface area contributed by atoms with E-state index in [1.54, 1.807) is 0 Å². The lowest BCUT2D eigenvalue weighted by Gasteiger charge is -2.00. The van der Waals surface area contributed by atoms with Gasteiger partial charge >= 0.3 is 10.3 Å². The van der Waals surface area contributed by atoms with Crippen LogP contribution in [0.1, 0.15) is 26.2 Å². The quantitative estimate of drug-likeness (QED) is 0.462. The molecule has 0 aliphatic carbocycles. The number of hydrogen-bond acceptors (Lipinski definition) is 4. The van der Waals surface area contributed by atoms with Crippen molar-refractivity contribution in [1.82, 2.24) is 4.89 Å². The zero-order valence-electron chi connectivity index (χ0n) is 6.41. The van der Waals surface area contributed by atoms with Gasteiger partial charge in [0.2, 0.25) is 0 Å². The first-order valence-electron chi connectivity index (χ1n) is 3.42. The van der Waals surface area contributed by atoms with Gasteiger partial charge in [-0.05, 0) is 6.42 Å². The fraction of sp³-hybridized carbons (Fsp3) is 1.00. The zero-order chi connectivity index (χ0) is 8.74. The van der Waals surface area contributed by atoms with Crippen LogP contribution in [0.2, 0.25) is 0 Å². The minimum Gasteiger partial charge on any atom is -0.300 e. The molecule has 2 N–H and O–H groups in total. The lowest BCUT2D eigenvalue weighted by Crippen LogP contribution is -2.22. The van der Waals surface area contributed by atoms with E-state index in [1.165, 1.54) is 0 Å². The van der Waals surface area contributed by atoms with Crippen molar-refractivity contribution in [3.63, 3.8) is 0 Å². The van der Waals surface area contributed by atoms with Crippen LogP contribution in [0, 0.1) is 0 Å². The van der Waals surface area contributed by atoms with Gasteiger partial charge in [0, 0.05) is 0 Å². The maximum Gasteiger partial charge on any atom is 0.358 e. The highest BCUT2D eigenvalue weighted by atomic mass is 32.2. The molecule has 0 amide bonds. The molecule has 0 aromatic heterocycles. The molecule has 6 heteroatoms. The molecule has 0 bridgehead atoms. The van der Waals surface area contributed by atoms with Crippen molar-refractivity contribution in [2.24, 2.45) is 0 Å². The fourth-order valence-corrected chi connectivity index (χ4v) is 0.937. The van der Waals surface area contributed by atoms with E-state index in [4.69, 9.17) is 5.21 Å². The van der Waals surface area contributed by atoms with Gasteiger partial charge in [0.15, 0.2) is 0 Å². The summed E-state index contributed by atoms with van der Waals surface area (Å²) in [6.07, 6.45) is 2.59. The fourth-order valence-electron chi connectivity index (χ4n) is 0.547. The largest absolute Gasteiger partial charge is 0.358 e. The highest BCUT2D eigenvalue weighted by Gasteiger charge is 2.06. The molecular formula is C5H13NO4S. The van der Waals surface area contributed by atoms with Crippen molar-refractivity contribution in [3.8, 4) is 0 Å². The summed E-state index contributed by atoms with van der Waals surface area (Å²) in [5.41, 5.74) is 0. The molecule has 0 aromatic rings. The van der Waals surface area contributed by atoms with Gasteiger partial charge in [0.05, 0.1) is 6.61 Å². The van der Waals surface area contributed by atoms with Gasteiger partial charge in [-0.25, -0.2) is 0 Å². The normalized spacial score (nSPS) is 11.8. The smallest absolute Gasteiger partial charge is 0.300 e. The molecule has 0 saturated heterocycles. The van der Waals surface area contributed by atoms with Crippen LogP contribution in [0.3, 0.4) is 0 Å². The highest BCUT2D eigenvalue weighted by Crippen LogP contribution is 1.96. The average molecular weight is 183 g/mol. The summed E-state index contributed by atoms with van der Waals surface area (Å²) in [7, 11) is -3.89. The summed E-state index contributed by atoms with van der Waals surface area (Å²) in [6, 6.07) is 0. The zero-order valence-corrected chi connectivity index (χ0v) is 7.23. The molecule has 0 fully saturated rings. The number of nitrogens with one attached hydrogen (secondary N) is 1. The van der Waals surface area contributed by atoms with Crippen LogP contribution >= 0.6 is 0 Å². The summed E-state index contributed by atoms with van der Waals surface area (Å²) >= 11 is 0. The average Bonchev–Trinajstić information content (AvgIpc) is 1.99. The lowest BCUT2D eigenvalue weighted by atomic mass is 10.3. The van der Waals surface area contributed by atoms with Crippen molar-refractivity contribution in [1.29, 1.82) is 0 Å². The molecule has 0 heterocycles. The van der Waals surface area contributed by atoms with Gasteiger partial charge in [-0.15, -0.1) is 0 Å². The lowest BCUT2D eigenvalue weighted by molar-refractivity contribution is 0.203. The number of rotatable bonds is 6. The van der Waals surface area contributed by atoms with Crippen LogP contribution in [0.15, 0.2) is 0 Å². The predicted octanol–water partition coefficient (Wildman–Crippen LogP) is 0.417. The molecule has 5 nitrogen and oxygen atoms in total. The summed E-state index contributed by atoms with van der Waals surface area (Å²) in [5, 5.41) is 7.99. The van der Waals surface area contributed by atoms with Crippen molar-refractivity contribution in [3.05, 3.63) is 0 Å². The topological polar surface area (TPSA) is 75.6 Å². The molecule has 0 rings (SSSR count). The standard InChI is InChI=1S/C5H13NO4S/c1-2-3-4-5-10-11(8,9)6-7/h6-7H,2-5H2,1H3. The van der Waals surface area contributed by atoms with Gasteiger partial charge in [0.1, 0.15) is 0 Å². The Bertz CT molecular complexity index is 177. The first kappa shape index (κ1) is 10.8. The Morgan fingerprint density at radius 1 is 1.45 bits per heavy atom.